The highest BCUT2D eigenvalue weighted by Crippen LogP contribution is 2.22. The fraction of sp³-hybridized carbons (Fsp3) is 0.600. The van der Waals surface area contributed by atoms with E-state index in [-0.39, 0.29) is 6.10 Å². The minimum atomic E-state index is -0.261. The Bertz CT molecular complexity index is 374. The van der Waals surface area contributed by atoms with Gasteiger partial charge in [0.1, 0.15) is 11.6 Å². The molecule has 88 valence electrons. The first-order valence-corrected chi connectivity index (χ1v) is 6.53. The fourth-order valence-electron chi connectivity index (χ4n) is 1.85. The Morgan fingerprint density at radius 1 is 1.56 bits per heavy atom. The largest absolute Gasteiger partial charge is 0.391 e. The van der Waals surface area contributed by atoms with Gasteiger partial charge in [-0.3, -0.25) is 0 Å². The van der Waals surface area contributed by atoms with Crippen molar-refractivity contribution < 1.29 is 5.11 Å². The van der Waals surface area contributed by atoms with Crippen molar-refractivity contribution >= 4 is 23.4 Å². The van der Waals surface area contributed by atoms with Crippen LogP contribution in [0.2, 0.25) is 0 Å². The summed E-state index contributed by atoms with van der Waals surface area (Å²) in [6.45, 7) is 1.55. The molecule has 0 aromatic carbocycles. The highest BCUT2D eigenvalue weighted by molar-refractivity contribution is 7.98. The Balaban J connectivity index is 2.21. The van der Waals surface area contributed by atoms with Gasteiger partial charge in [0.05, 0.1) is 6.10 Å². The highest BCUT2D eigenvalue weighted by atomic mass is 32.2. The second-order valence-electron chi connectivity index (χ2n) is 3.88. The number of rotatable bonds is 2. The lowest BCUT2D eigenvalue weighted by atomic mass is 10.1. The molecule has 0 saturated carbocycles. The third-order valence-electron chi connectivity index (χ3n) is 2.62. The summed E-state index contributed by atoms with van der Waals surface area (Å²) in [4.78, 5) is 10.6. The van der Waals surface area contributed by atoms with Gasteiger partial charge in [-0.25, -0.2) is 9.97 Å². The lowest BCUT2D eigenvalue weighted by Crippen LogP contribution is -2.38. The first-order chi connectivity index (χ1) is 7.69. The summed E-state index contributed by atoms with van der Waals surface area (Å²) in [6.07, 6.45) is 3.51. The van der Waals surface area contributed by atoms with E-state index in [1.165, 1.54) is 11.8 Å². The van der Waals surface area contributed by atoms with Gasteiger partial charge in [0.25, 0.3) is 0 Å². The number of nitrogen functional groups attached to an aromatic ring is 1. The average molecular weight is 240 g/mol. The van der Waals surface area contributed by atoms with E-state index >= 15 is 0 Å². The number of nitrogens with zero attached hydrogens (tertiary/aromatic N) is 3. The molecule has 1 unspecified atom stereocenters. The molecule has 0 aliphatic carbocycles. The smallest absolute Gasteiger partial charge is 0.191 e. The first-order valence-electron chi connectivity index (χ1n) is 5.30. The van der Waals surface area contributed by atoms with Gasteiger partial charge in [-0.05, 0) is 19.1 Å². The van der Waals surface area contributed by atoms with Crippen LogP contribution >= 0.6 is 11.8 Å². The SMILES string of the molecule is CSc1nc(N)cc(N2CCCC(O)C2)n1. The Morgan fingerprint density at radius 3 is 3.06 bits per heavy atom. The van der Waals surface area contributed by atoms with E-state index in [1.54, 1.807) is 6.07 Å². The minimum absolute atomic E-state index is 0.261. The van der Waals surface area contributed by atoms with Gasteiger partial charge in [0.2, 0.25) is 0 Å². The van der Waals surface area contributed by atoms with Gasteiger partial charge in [-0.15, -0.1) is 0 Å². The molecular weight excluding hydrogens is 224 g/mol. The Labute approximate surface area is 99.1 Å². The maximum Gasteiger partial charge on any atom is 0.191 e. The van der Waals surface area contributed by atoms with Crippen LogP contribution in [0.1, 0.15) is 12.8 Å². The number of hydrogen-bond donors (Lipinski definition) is 2. The van der Waals surface area contributed by atoms with Crippen molar-refractivity contribution in [2.75, 3.05) is 30.0 Å². The number of aliphatic hydroxyl groups excluding tert-OH is 1. The molecule has 0 radical (unpaired) electrons. The Kier molecular flexibility index (Phi) is 3.50. The Hall–Kier alpha value is -1.01. The highest BCUT2D eigenvalue weighted by Gasteiger charge is 2.19. The summed E-state index contributed by atoms with van der Waals surface area (Å²) in [5.74, 6) is 1.30. The van der Waals surface area contributed by atoms with Crippen LogP contribution in [0, 0.1) is 0 Å². The van der Waals surface area contributed by atoms with E-state index in [0.29, 0.717) is 17.5 Å². The predicted octanol–water partition coefficient (Wildman–Crippen LogP) is 0.742. The van der Waals surface area contributed by atoms with Crippen molar-refractivity contribution in [1.82, 2.24) is 9.97 Å². The number of nitrogens with two attached hydrogens (primary N) is 1. The zero-order valence-corrected chi connectivity index (χ0v) is 10.1. The molecule has 0 spiro atoms. The predicted molar refractivity (Wildman–Crippen MR) is 65.7 cm³/mol. The van der Waals surface area contributed by atoms with E-state index in [4.69, 9.17) is 5.73 Å². The monoisotopic (exact) mass is 240 g/mol. The maximum absolute atomic E-state index is 9.62. The first kappa shape index (κ1) is 11.5. The van der Waals surface area contributed by atoms with E-state index in [9.17, 15) is 5.11 Å². The molecule has 2 rings (SSSR count). The number of thioether (sulfide) groups is 1. The lowest BCUT2D eigenvalue weighted by Gasteiger charge is -2.31. The van der Waals surface area contributed by atoms with Crippen LogP contribution in [0.3, 0.4) is 0 Å². The van der Waals surface area contributed by atoms with Crippen molar-refractivity contribution in [1.29, 1.82) is 0 Å². The summed E-state index contributed by atoms with van der Waals surface area (Å²) in [5, 5.41) is 10.3. The summed E-state index contributed by atoms with van der Waals surface area (Å²) < 4.78 is 0. The number of β-amino-alcohol motifs (C(OH)–C–C–N with tert-alkyl or cyclic N) is 1. The molecule has 1 aromatic heterocycles. The van der Waals surface area contributed by atoms with Crippen molar-refractivity contribution in [3.63, 3.8) is 0 Å². The topological polar surface area (TPSA) is 75.3 Å². The van der Waals surface area contributed by atoms with Crippen LogP contribution in [0.15, 0.2) is 11.2 Å². The number of piperidine rings is 1. The van der Waals surface area contributed by atoms with Crippen LogP contribution in [-0.2, 0) is 0 Å². The van der Waals surface area contributed by atoms with Gasteiger partial charge >= 0.3 is 0 Å². The van der Waals surface area contributed by atoms with Crippen LogP contribution in [0.25, 0.3) is 0 Å². The average Bonchev–Trinajstić information content (AvgIpc) is 2.28. The number of aromatic nitrogens is 2. The number of aliphatic hydroxyl groups is 1. The summed E-state index contributed by atoms with van der Waals surface area (Å²) in [7, 11) is 0. The fourth-order valence-corrected chi connectivity index (χ4v) is 2.23. The molecule has 1 fully saturated rings. The van der Waals surface area contributed by atoms with Crippen molar-refractivity contribution in [3.8, 4) is 0 Å². The van der Waals surface area contributed by atoms with Gasteiger partial charge in [0.15, 0.2) is 5.16 Å². The summed E-state index contributed by atoms with van der Waals surface area (Å²) in [6, 6.07) is 1.76. The zero-order valence-electron chi connectivity index (χ0n) is 9.26. The van der Waals surface area contributed by atoms with E-state index in [0.717, 1.165) is 25.2 Å². The molecule has 2 heterocycles. The molecule has 1 saturated heterocycles. The zero-order chi connectivity index (χ0) is 11.5. The molecule has 0 bridgehead atoms. The lowest BCUT2D eigenvalue weighted by molar-refractivity contribution is 0.154. The van der Waals surface area contributed by atoms with E-state index < -0.39 is 0 Å². The molecule has 1 atom stereocenters. The molecule has 1 aliphatic rings. The summed E-state index contributed by atoms with van der Waals surface area (Å²) >= 11 is 1.47. The van der Waals surface area contributed by atoms with Gasteiger partial charge in [-0.1, -0.05) is 11.8 Å². The molecule has 1 aliphatic heterocycles. The van der Waals surface area contributed by atoms with Crippen LogP contribution in [-0.4, -0.2) is 40.5 Å². The quantitative estimate of drug-likeness (QED) is 0.586. The van der Waals surface area contributed by atoms with E-state index in [2.05, 4.69) is 14.9 Å². The molecular formula is C10H16N4OS. The van der Waals surface area contributed by atoms with E-state index in [1.807, 2.05) is 6.26 Å². The molecule has 16 heavy (non-hydrogen) atoms. The number of hydrogen-bond acceptors (Lipinski definition) is 6. The standard InChI is InChI=1S/C10H16N4OS/c1-16-10-12-8(11)5-9(13-10)14-4-2-3-7(15)6-14/h5,7,15H,2-4,6H2,1H3,(H2,11,12,13). The van der Waals surface area contributed by atoms with Crippen molar-refractivity contribution in [2.24, 2.45) is 0 Å². The van der Waals surface area contributed by atoms with Crippen LogP contribution < -0.4 is 10.6 Å². The van der Waals surface area contributed by atoms with Crippen LogP contribution in [0.4, 0.5) is 11.6 Å². The molecule has 1 aromatic rings. The number of anilines is 2. The molecule has 0 amide bonds. The third kappa shape index (κ3) is 2.56. The summed E-state index contributed by atoms with van der Waals surface area (Å²) in [5.41, 5.74) is 5.72. The van der Waals surface area contributed by atoms with Gasteiger partial charge in [0, 0.05) is 19.2 Å². The van der Waals surface area contributed by atoms with Crippen LogP contribution in [0.5, 0.6) is 0 Å². The van der Waals surface area contributed by atoms with Gasteiger partial charge < -0.3 is 15.7 Å². The maximum atomic E-state index is 9.62. The normalized spacial score (nSPS) is 21.1. The molecule has 3 N–H and O–H groups in total. The minimum Gasteiger partial charge on any atom is -0.391 e. The van der Waals surface area contributed by atoms with Gasteiger partial charge in [-0.2, -0.15) is 0 Å². The van der Waals surface area contributed by atoms with Crippen molar-refractivity contribution in [3.05, 3.63) is 6.07 Å². The van der Waals surface area contributed by atoms with Crippen molar-refractivity contribution in [2.45, 2.75) is 24.1 Å². The molecule has 5 nitrogen and oxygen atoms in total. The molecule has 6 heteroatoms. The second kappa shape index (κ2) is 4.88. The second-order valence-corrected chi connectivity index (χ2v) is 4.65. The Morgan fingerprint density at radius 2 is 2.38 bits per heavy atom. The third-order valence-corrected chi connectivity index (χ3v) is 3.16.